The lowest BCUT2D eigenvalue weighted by atomic mass is 10.3. The summed E-state index contributed by atoms with van der Waals surface area (Å²) in [6.07, 6.45) is 0.890. The van der Waals surface area contributed by atoms with Crippen LogP contribution >= 0.6 is 38.6 Å². The smallest absolute Gasteiger partial charge is 0.268 e. The lowest BCUT2D eigenvalue weighted by molar-refractivity contribution is 0.103. The molecule has 2 heterocycles. The van der Waals surface area contributed by atoms with Crippen molar-refractivity contribution in [2.45, 2.75) is 20.3 Å². The minimum atomic E-state index is -0.108. The molecule has 0 aliphatic rings. The van der Waals surface area contributed by atoms with Gasteiger partial charge in [0, 0.05) is 9.35 Å². The third kappa shape index (κ3) is 2.75. The number of nitrogens with one attached hydrogen (secondary N) is 1. The summed E-state index contributed by atoms with van der Waals surface area (Å²) < 4.78 is 0.823. The van der Waals surface area contributed by atoms with E-state index in [9.17, 15) is 4.79 Å². The van der Waals surface area contributed by atoms with E-state index in [1.54, 1.807) is 0 Å². The number of halogens is 1. The standard InChI is InChI=1S/C11H11BrN2OS2/c1-3-8-6(2)17-11(13-8)14-10(15)9-7(12)4-5-16-9/h4-5H,3H2,1-2H3,(H,13,14,15). The van der Waals surface area contributed by atoms with E-state index < -0.39 is 0 Å². The number of thiazole rings is 1. The van der Waals surface area contributed by atoms with Gasteiger partial charge in [0.05, 0.1) is 5.69 Å². The van der Waals surface area contributed by atoms with E-state index in [2.05, 4.69) is 33.2 Å². The van der Waals surface area contributed by atoms with Crippen LogP contribution in [0.1, 0.15) is 27.2 Å². The summed E-state index contributed by atoms with van der Waals surface area (Å²) in [7, 11) is 0. The van der Waals surface area contributed by atoms with Crippen molar-refractivity contribution >= 4 is 49.6 Å². The SMILES string of the molecule is CCc1nc(NC(=O)c2sccc2Br)sc1C. The maximum Gasteiger partial charge on any atom is 0.268 e. The molecule has 0 fully saturated rings. The Morgan fingerprint density at radius 2 is 2.35 bits per heavy atom. The molecule has 0 saturated heterocycles. The average Bonchev–Trinajstić information content (AvgIpc) is 2.84. The van der Waals surface area contributed by atoms with E-state index in [1.807, 2.05) is 18.4 Å². The third-order valence-corrected chi connectivity index (χ3v) is 5.04. The molecule has 0 radical (unpaired) electrons. The number of hydrogen-bond donors (Lipinski definition) is 1. The van der Waals surface area contributed by atoms with Crippen molar-refractivity contribution < 1.29 is 4.79 Å². The van der Waals surface area contributed by atoms with Gasteiger partial charge in [0.2, 0.25) is 0 Å². The molecular weight excluding hydrogens is 320 g/mol. The molecule has 2 rings (SSSR count). The van der Waals surface area contributed by atoms with Crippen LogP contribution in [0.3, 0.4) is 0 Å². The molecule has 17 heavy (non-hydrogen) atoms. The maximum atomic E-state index is 11.9. The first kappa shape index (κ1) is 12.7. The summed E-state index contributed by atoms with van der Waals surface area (Å²) in [4.78, 5) is 18.2. The molecule has 0 aliphatic heterocycles. The fourth-order valence-electron chi connectivity index (χ4n) is 1.42. The third-order valence-electron chi connectivity index (χ3n) is 2.27. The molecule has 2 aromatic rings. The average molecular weight is 331 g/mol. The van der Waals surface area contributed by atoms with Crippen molar-refractivity contribution in [1.29, 1.82) is 0 Å². The molecule has 3 nitrogen and oxygen atoms in total. The van der Waals surface area contributed by atoms with Crippen LogP contribution < -0.4 is 5.32 Å². The van der Waals surface area contributed by atoms with Gasteiger partial charge < -0.3 is 0 Å². The second kappa shape index (κ2) is 5.29. The van der Waals surface area contributed by atoms with Crippen LogP contribution in [0.4, 0.5) is 5.13 Å². The molecule has 0 unspecified atom stereocenters. The lowest BCUT2D eigenvalue weighted by Gasteiger charge is -1.98. The summed E-state index contributed by atoms with van der Waals surface area (Å²) in [6, 6.07) is 1.87. The molecule has 2 aromatic heterocycles. The highest BCUT2D eigenvalue weighted by Crippen LogP contribution is 2.26. The Labute approximate surface area is 116 Å². The van der Waals surface area contributed by atoms with Crippen LogP contribution in [0.25, 0.3) is 0 Å². The largest absolute Gasteiger partial charge is 0.297 e. The normalized spacial score (nSPS) is 10.5. The molecule has 0 aliphatic carbocycles. The van der Waals surface area contributed by atoms with Gasteiger partial charge in [-0.05, 0) is 40.7 Å². The summed E-state index contributed by atoms with van der Waals surface area (Å²) in [5.41, 5.74) is 1.05. The Kier molecular flexibility index (Phi) is 3.96. The molecule has 90 valence electrons. The quantitative estimate of drug-likeness (QED) is 0.920. The van der Waals surface area contributed by atoms with Crippen molar-refractivity contribution in [3.05, 3.63) is 31.4 Å². The molecular formula is C11H11BrN2OS2. The first-order valence-electron chi connectivity index (χ1n) is 5.12. The van der Waals surface area contributed by atoms with Gasteiger partial charge in [-0.3, -0.25) is 10.1 Å². The molecule has 0 aromatic carbocycles. The molecule has 6 heteroatoms. The molecule has 0 atom stereocenters. The van der Waals surface area contributed by atoms with Crippen LogP contribution in [-0.2, 0) is 6.42 Å². The number of carbonyl (C=O) groups is 1. The number of rotatable bonds is 3. The Bertz CT molecular complexity index is 547. The van der Waals surface area contributed by atoms with E-state index >= 15 is 0 Å². The predicted octanol–water partition coefficient (Wildman–Crippen LogP) is 4.09. The second-order valence-electron chi connectivity index (χ2n) is 3.43. The van der Waals surface area contributed by atoms with Crippen molar-refractivity contribution in [3.8, 4) is 0 Å². The van der Waals surface area contributed by atoms with E-state index in [0.717, 1.165) is 21.5 Å². The molecule has 0 spiro atoms. The predicted molar refractivity (Wildman–Crippen MR) is 76.2 cm³/mol. The minimum Gasteiger partial charge on any atom is -0.297 e. The zero-order chi connectivity index (χ0) is 12.4. The van der Waals surface area contributed by atoms with Gasteiger partial charge in [-0.25, -0.2) is 4.98 Å². The molecule has 1 N–H and O–H groups in total. The zero-order valence-electron chi connectivity index (χ0n) is 9.41. The topological polar surface area (TPSA) is 42.0 Å². The fraction of sp³-hybridized carbons (Fsp3) is 0.273. The Morgan fingerprint density at radius 1 is 1.59 bits per heavy atom. The van der Waals surface area contributed by atoms with Gasteiger partial charge in [-0.15, -0.1) is 22.7 Å². The van der Waals surface area contributed by atoms with E-state index in [1.165, 1.54) is 22.7 Å². The van der Waals surface area contributed by atoms with Crippen molar-refractivity contribution in [2.75, 3.05) is 5.32 Å². The number of carbonyl (C=O) groups excluding carboxylic acids is 1. The number of aryl methyl sites for hydroxylation is 2. The van der Waals surface area contributed by atoms with Gasteiger partial charge in [-0.1, -0.05) is 6.92 Å². The summed E-state index contributed by atoms with van der Waals surface area (Å²) in [5.74, 6) is -0.108. The summed E-state index contributed by atoms with van der Waals surface area (Å²) >= 11 is 6.27. The van der Waals surface area contributed by atoms with E-state index in [0.29, 0.717) is 10.0 Å². The first-order valence-corrected chi connectivity index (χ1v) is 7.61. The second-order valence-corrected chi connectivity index (χ2v) is 6.40. The zero-order valence-corrected chi connectivity index (χ0v) is 12.6. The minimum absolute atomic E-state index is 0.108. The Morgan fingerprint density at radius 3 is 2.88 bits per heavy atom. The number of hydrogen-bond acceptors (Lipinski definition) is 4. The van der Waals surface area contributed by atoms with Crippen molar-refractivity contribution in [3.63, 3.8) is 0 Å². The van der Waals surface area contributed by atoms with Crippen LogP contribution in [-0.4, -0.2) is 10.9 Å². The number of aromatic nitrogens is 1. The van der Waals surface area contributed by atoms with Gasteiger partial charge in [0.15, 0.2) is 5.13 Å². The highest BCUT2D eigenvalue weighted by Gasteiger charge is 2.14. The van der Waals surface area contributed by atoms with Crippen molar-refractivity contribution in [2.24, 2.45) is 0 Å². The van der Waals surface area contributed by atoms with Gasteiger partial charge in [0.1, 0.15) is 4.88 Å². The highest BCUT2D eigenvalue weighted by atomic mass is 79.9. The van der Waals surface area contributed by atoms with E-state index in [-0.39, 0.29) is 5.91 Å². The van der Waals surface area contributed by atoms with Crippen LogP contribution in [0.15, 0.2) is 15.9 Å². The van der Waals surface area contributed by atoms with Crippen molar-refractivity contribution in [1.82, 2.24) is 4.98 Å². The fourth-order valence-corrected chi connectivity index (χ4v) is 3.76. The van der Waals surface area contributed by atoms with Crippen LogP contribution in [0, 0.1) is 6.92 Å². The van der Waals surface area contributed by atoms with Gasteiger partial charge in [0.25, 0.3) is 5.91 Å². The van der Waals surface area contributed by atoms with Crippen LogP contribution in [0.2, 0.25) is 0 Å². The number of nitrogens with zero attached hydrogens (tertiary/aromatic N) is 1. The highest BCUT2D eigenvalue weighted by molar-refractivity contribution is 9.10. The number of thiophene rings is 1. The molecule has 0 saturated carbocycles. The number of amides is 1. The monoisotopic (exact) mass is 330 g/mol. The molecule has 0 bridgehead atoms. The van der Waals surface area contributed by atoms with Gasteiger partial charge >= 0.3 is 0 Å². The van der Waals surface area contributed by atoms with E-state index in [4.69, 9.17) is 0 Å². The Hall–Kier alpha value is -0.720. The Balaban J connectivity index is 2.16. The molecule has 1 amide bonds. The van der Waals surface area contributed by atoms with Gasteiger partial charge in [-0.2, -0.15) is 0 Å². The number of anilines is 1. The maximum absolute atomic E-state index is 11.9. The van der Waals surface area contributed by atoms with Crippen LogP contribution in [0.5, 0.6) is 0 Å². The lowest BCUT2D eigenvalue weighted by Crippen LogP contribution is -2.10. The summed E-state index contributed by atoms with van der Waals surface area (Å²) in [6.45, 7) is 4.08. The first-order chi connectivity index (χ1) is 8.11. The summed E-state index contributed by atoms with van der Waals surface area (Å²) in [5, 5.41) is 5.38.